The summed E-state index contributed by atoms with van der Waals surface area (Å²) in [4.78, 5) is 14.0. The summed E-state index contributed by atoms with van der Waals surface area (Å²) in [7, 11) is 0. The van der Waals surface area contributed by atoms with Crippen molar-refractivity contribution in [2.24, 2.45) is 10.7 Å². The molecular formula is C9H12IN3O2S. The predicted octanol–water partition coefficient (Wildman–Crippen LogP) is 2.91. The van der Waals surface area contributed by atoms with Crippen LogP contribution in [0.1, 0.15) is 6.92 Å². The summed E-state index contributed by atoms with van der Waals surface area (Å²) in [5.41, 5.74) is 6.27. The fourth-order valence-electron chi connectivity index (χ4n) is 0.956. The Hall–Kier alpha value is -0.830. The standard InChI is InChI=1S/C9H11N3O2S.HI/c1-2-15-9(10)11-7-3-5-8(6-4-7)12(13)14;/h3-6H,2H2,1H3,(H2,10,11);1H. The number of non-ortho nitro benzene ring substituents is 1. The number of aliphatic imine (C=N–C) groups is 1. The van der Waals surface area contributed by atoms with Crippen LogP contribution in [0.25, 0.3) is 0 Å². The molecule has 0 saturated carbocycles. The molecule has 1 rings (SSSR count). The zero-order valence-electron chi connectivity index (χ0n) is 8.62. The Bertz CT molecular complexity index is 381. The Morgan fingerprint density at radius 1 is 1.50 bits per heavy atom. The molecule has 0 amide bonds. The van der Waals surface area contributed by atoms with Crippen LogP contribution in [0, 0.1) is 10.1 Å². The van der Waals surface area contributed by atoms with E-state index in [4.69, 9.17) is 5.73 Å². The van der Waals surface area contributed by atoms with Gasteiger partial charge in [0.1, 0.15) is 0 Å². The van der Waals surface area contributed by atoms with Gasteiger partial charge in [-0.15, -0.1) is 24.0 Å². The summed E-state index contributed by atoms with van der Waals surface area (Å²) in [5, 5.41) is 10.8. The second kappa shape index (κ2) is 7.44. The van der Waals surface area contributed by atoms with Gasteiger partial charge in [-0.3, -0.25) is 10.1 Å². The lowest BCUT2D eigenvalue weighted by Crippen LogP contribution is -2.05. The van der Waals surface area contributed by atoms with Crippen molar-refractivity contribution in [2.75, 3.05) is 5.75 Å². The van der Waals surface area contributed by atoms with E-state index < -0.39 is 4.92 Å². The van der Waals surface area contributed by atoms with Crippen LogP contribution < -0.4 is 5.73 Å². The largest absolute Gasteiger partial charge is 0.378 e. The Morgan fingerprint density at radius 2 is 2.06 bits per heavy atom. The molecule has 0 fully saturated rings. The molecule has 0 atom stereocenters. The molecule has 0 aromatic heterocycles. The normalized spacial score (nSPS) is 10.7. The molecule has 0 unspecified atom stereocenters. The number of nitrogens with zero attached hydrogens (tertiary/aromatic N) is 2. The van der Waals surface area contributed by atoms with Gasteiger partial charge in [-0.25, -0.2) is 4.99 Å². The molecule has 88 valence electrons. The summed E-state index contributed by atoms with van der Waals surface area (Å²) in [5.74, 6) is 0.850. The molecule has 0 aliphatic carbocycles. The molecule has 0 heterocycles. The van der Waals surface area contributed by atoms with Gasteiger partial charge in [0, 0.05) is 12.1 Å². The molecule has 0 spiro atoms. The number of hydrogen-bond donors (Lipinski definition) is 1. The third-order valence-corrected chi connectivity index (χ3v) is 2.27. The quantitative estimate of drug-likeness (QED) is 0.298. The van der Waals surface area contributed by atoms with E-state index in [9.17, 15) is 10.1 Å². The van der Waals surface area contributed by atoms with Crippen LogP contribution >= 0.6 is 35.7 Å². The molecule has 5 nitrogen and oxygen atoms in total. The second-order valence-electron chi connectivity index (χ2n) is 2.66. The van der Waals surface area contributed by atoms with Gasteiger partial charge in [-0.2, -0.15) is 0 Å². The van der Waals surface area contributed by atoms with E-state index in [0.29, 0.717) is 10.9 Å². The number of nitro benzene ring substituents is 1. The minimum Gasteiger partial charge on any atom is -0.378 e. The van der Waals surface area contributed by atoms with Crippen molar-refractivity contribution in [2.45, 2.75) is 6.92 Å². The van der Waals surface area contributed by atoms with Gasteiger partial charge in [-0.1, -0.05) is 18.7 Å². The van der Waals surface area contributed by atoms with E-state index in [1.807, 2.05) is 6.92 Å². The minimum atomic E-state index is -0.447. The van der Waals surface area contributed by atoms with E-state index in [2.05, 4.69) is 4.99 Å². The zero-order valence-corrected chi connectivity index (χ0v) is 11.8. The van der Waals surface area contributed by atoms with Crippen LogP contribution in [-0.2, 0) is 0 Å². The van der Waals surface area contributed by atoms with Crippen molar-refractivity contribution in [3.8, 4) is 0 Å². The second-order valence-corrected chi connectivity index (χ2v) is 3.94. The summed E-state index contributed by atoms with van der Waals surface area (Å²) in [6, 6.07) is 5.95. The van der Waals surface area contributed by atoms with Gasteiger partial charge in [0.25, 0.3) is 5.69 Å². The van der Waals surface area contributed by atoms with Gasteiger partial charge in [0.2, 0.25) is 0 Å². The van der Waals surface area contributed by atoms with Gasteiger partial charge in [0.05, 0.1) is 10.6 Å². The third kappa shape index (κ3) is 4.79. The summed E-state index contributed by atoms with van der Waals surface area (Å²) in [6.07, 6.45) is 0. The van der Waals surface area contributed by atoms with Crippen molar-refractivity contribution in [3.05, 3.63) is 34.4 Å². The number of benzene rings is 1. The highest BCUT2D eigenvalue weighted by Crippen LogP contribution is 2.18. The molecule has 0 radical (unpaired) electrons. The molecule has 16 heavy (non-hydrogen) atoms. The van der Waals surface area contributed by atoms with Gasteiger partial charge >= 0.3 is 0 Å². The molecule has 7 heteroatoms. The highest BCUT2D eigenvalue weighted by Gasteiger charge is 2.03. The van der Waals surface area contributed by atoms with Crippen LogP contribution in [-0.4, -0.2) is 15.8 Å². The summed E-state index contributed by atoms with van der Waals surface area (Å²) < 4.78 is 0. The van der Waals surface area contributed by atoms with Crippen molar-refractivity contribution in [1.29, 1.82) is 0 Å². The van der Waals surface area contributed by atoms with E-state index in [0.717, 1.165) is 5.75 Å². The lowest BCUT2D eigenvalue weighted by atomic mass is 10.3. The zero-order chi connectivity index (χ0) is 11.3. The number of thioether (sulfide) groups is 1. The maximum Gasteiger partial charge on any atom is 0.269 e. The van der Waals surface area contributed by atoms with E-state index in [1.165, 1.54) is 23.9 Å². The van der Waals surface area contributed by atoms with Crippen molar-refractivity contribution in [1.82, 2.24) is 0 Å². The summed E-state index contributed by atoms with van der Waals surface area (Å²) >= 11 is 1.43. The molecule has 0 aliphatic rings. The van der Waals surface area contributed by atoms with Crippen LogP contribution in [0.15, 0.2) is 29.3 Å². The van der Waals surface area contributed by atoms with E-state index in [1.54, 1.807) is 12.1 Å². The predicted molar refractivity (Wildman–Crippen MR) is 77.9 cm³/mol. The highest BCUT2D eigenvalue weighted by molar-refractivity contribution is 14.0. The Labute approximate surface area is 115 Å². The lowest BCUT2D eigenvalue weighted by molar-refractivity contribution is -0.384. The molecule has 1 aromatic carbocycles. The fraction of sp³-hybridized carbons (Fsp3) is 0.222. The average Bonchev–Trinajstić information content (AvgIpc) is 2.18. The van der Waals surface area contributed by atoms with Crippen molar-refractivity contribution >= 4 is 52.3 Å². The van der Waals surface area contributed by atoms with Crippen LogP contribution in [0.4, 0.5) is 11.4 Å². The molecule has 0 saturated heterocycles. The SMILES string of the molecule is CCSC(N)=Nc1ccc([N+](=O)[O-])cc1.I. The van der Waals surface area contributed by atoms with E-state index >= 15 is 0 Å². The third-order valence-electron chi connectivity index (χ3n) is 1.59. The number of amidine groups is 1. The van der Waals surface area contributed by atoms with E-state index in [-0.39, 0.29) is 29.7 Å². The maximum absolute atomic E-state index is 10.4. The van der Waals surface area contributed by atoms with Gasteiger partial charge < -0.3 is 5.73 Å². The first kappa shape index (κ1) is 15.2. The smallest absolute Gasteiger partial charge is 0.269 e. The topological polar surface area (TPSA) is 81.5 Å². The molecule has 2 N–H and O–H groups in total. The fourth-order valence-corrected chi connectivity index (χ4v) is 1.42. The molecule has 1 aromatic rings. The molecule has 0 aliphatic heterocycles. The molecule has 0 bridgehead atoms. The Kier molecular flexibility index (Phi) is 7.06. The Morgan fingerprint density at radius 3 is 2.50 bits per heavy atom. The van der Waals surface area contributed by atoms with Crippen LogP contribution in [0.5, 0.6) is 0 Å². The van der Waals surface area contributed by atoms with Gasteiger partial charge in [0.15, 0.2) is 5.17 Å². The lowest BCUT2D eigenvalue weighted by Gasteiger charge is -1.97. The number of halogens is 1. The average molecular weight is 353 g/mol. The van der Waals surface area contributed by atoms with Crippen molar-refractivity contribution < 1.29 is 4.92 Å². The number of nitrogens with two attached hydrogens (primary N) is 1. The Balaban J connectivity index is 0.00000225. The molecular weight excluding hydrogens is 341 g/mol. The number of nitro groups is 1. The first-order valence-electron chi connectivity index (χ1n) is 4.35. The maximum atomic E-state index is 10.4. The first-order valence-corrected chi connectivity index (χ1v) is 5.33. The summed E-state index contributed by atoms with van der Waals surface area (Å²) in [6.45, 7) is 1.98. The van der Waals surface area contributed by atoms with Crippen LogP contribution in [0.2, 0.25) is 0 Å². The monoisotopic (exact) mass is 353 g/mol. The number of hydrogen-bond acceptors (Lipinski definition) is 4. The van der Waals surface area contributed by atoms with Crippen LogP contribution in [0.3, 0.4) is 0 Å². The van der Waals surface area contributed by atoms with Crippen molar-refractivity contribution in [3.63, 3.8) is 0 Å². The number of rotatable bonds is 3. The highest BCUT2D eigenvalue weighted by atomic mass is 127. The minimum absolute atomic E-state index is 0. The van der Waals surface area contributed by atoms with Gasteiger partial charge in [-0.05, 0) is 17.9 Å². The first-order chi connectivity index (χ1) is 7.13.